The molecule has 2 rings (SSSR count). The predicted octanol–water partition coefficient (Wildman–Crippen LogP) is 3.68. The van der Waals surface area contributed by atoms with Gasteiger partial charge in [-0.1, -0.05) is 47.1 Å². The molecular weight excluding hydrogens is 229 g/mol. The standard InChI is InChI=1S/C15H14FNO/c1-12-4-2-6-14(8-12)11-18-17-10-13-5-3-7-15(16)9-13/h2-10H,11H2,1H3. The Labute approximate surface area is 106 Å². The van der Waals surface area contributed by atoms with Gasteiger partial charge in [-0.05, 0) is 30.2 Å². The zero-order valence-corrected chi connectivity index (χ0v) is 10.1. The molecule has 0 fully saturated rings. The first-order valence-corrected chi connectivity index (χ1v) is 5.70. The highest BCUT2D eigenvalue weighted by Crippen LogP contribution is 2.06. The summed E-state index contributed by atoms with van der Waals surface area (Å²) in [4.78, 5) is 5.17. The molecule has 2 nitrogen and oxygen atoms in total. The molecular formula is C15H14FNO. The highest BCUT2D eigenvalue weighted by Gasteiger charge is 1.93. The van der Waals surface area contributed by atoms with Crippen LogP contribution in [0.25, 0.3) is 0 Å². The Bertz CT molecular complexity index is 552. The highest BCUT2D eigenvalue weighted by atomic mass is 19.1. The maximum absolute atomic E-state index is 12.9. The Balaban J connectivity index is 1.89. The second-order valence-electron chi connectivity index (χ2n) is 4.05. The van der Waals surface area contributed by atoms with Crippen molar-refractivity contribution in [3.8, 4) is 0 Å². The molecule has 0 N–H and O–H groups in total. The van der Waals surface area contributed by atoms with Gasteiger partial charge in [-0.3, -0.25) is 0 Å². The molecule has 3 heteroatoms. The van der Waals surface area contributed by atoms with Crippen LogP contribution in [0.5, 0.6) is 0 Å². The van der Waals surface area contributed by atoms with Crippen molar-refractivity contribution in [1.29, 1.82) is 0 Å². The van der Waals surface area contributed by atoms with E-state index in [4.69, 9.17) is 4.84 Å². The van der Waals surface area contributed by atoms with Gasteiger partial charge >= 0.3 is 0 Å². The molecule has 0 saturated heterocycles. The molecule has 0 spiro atoms. The molecule has 0 bridgehead atoms. The molecule has 18 heavy (non-hydrogen) atoms. The smallest absolute Gasteiger partial charge is 0.142 e. The molecule has 92 valence electrons. The van der Waals surface area contributed by atoms with Crippen molar-refractivity contribution in [2.24, 2.45) is 5.16 Å². The fraction of sp³-hybridized carbons (Fsp3) is 0.133. The Morgan fingerprint density at radius 2 is 2.00 bits per heavy atom. The summed E-state index contributed by atoms with van der Waals surface area (Å²) in [7, 11) is 0. The zero-order valence-electron chi connectivity index (χ0n) is 10.1. The lowest BCUT2D eigenvalue weighted by atomic mass is 10.1. The van der Waals surface area contributed by atoms with Crippen molar-refractivity contribution >= 4 is 6.21 Å². The summed E-state index contributed by atoms with van der Waals surface area (Å²) in [6.07, 6.45) is 1.50. The van der Waals surface area contributed by atoms with Gasteiger partial charge in [-0.25, -0.2) is 4.39 Å². The van der Waals surface area contributed by atoms with Crippen LogP contribution in [-0.2, 0) is 11.4 Å². The van der Waals surface area contributed by atoms with Crippen LogP contribution in [0.2, 0.25) is 0 Å². The van der Waals surface area contributed by atoms with Crippen LogP contribution >= 0.6 is 0 Å². The summed E-state index contributed by atoms with van der Waals surface area (Å²) in [5, 5.41) is 3.82. The van der Waals surface area contributed by atoms with Crippen LogP contribution in [0.1, 0.15) is 16.7 Å². The van der Waals surface area contributed by atoms with Crippen LogP contribution in [-0.4, -0.2) is 6.21 Å². The van der Waals surface area contributed by atoms with Crippen molar-refractivity contribution in [2.75, 3.05) is 0 Å². The number of halogens is 1. The van der Waals surface area contributed by atoms with Crippen LogP contribution in [0.4, 0.5) is 4.39 Å². The molecule has 0 amide bonds. The first kappa shape index (κ1) is 12.3. The molecule has 0 aromatic heterocycles. The molecule has 0 unspecified atom stereocenters. The summed E-state index contributed by atoms with van der Waals surface area (Å²) >= 11 is 0. The molecule has 2 aromatic carbocycles. The second kappa shape index (κ2) is 5.96. The molecule has 0 radical (unpaired) electrons. The largest absolute Gasteiger partial charge is 0.391 e. The molecule has 0 saturated carbocycles. The molecule has 0 aliphatic heterocycles. The lowest BCUT2D eigenvalue weighted by Gasteiger charge is -2.00. The first-order chi connectivity index (χ1) is 8.74. The number of aryl methyl sites for hydroxylation is 1. The van der Waals surface area contributed by atoms with E-state index in [1.54, 1.807) is 12.1 Å². The molecule has 0 atom stereocenters. The highest BCUT2D eigenvalue weighted by molar-refractivity contribution is 5.78. The van der Waals surface area contributed by atoms with E-state index < -0.39 is 0 Å². The van der Waals surface area contributed by atoms with Gasteiger partial charge in [0.15, 0.2) is 0 Å². The maximum atomic E-state index is 12.9. The summed E-state index contributed by atoms with van der Waals surface area (Å²) in [6.45, 7) is 2.44. The van der Waals surface area contributed by atoms with Gasteiger partial charge in [0.05, 0.1) is 6.21 Å². The van der Waals surface area contributed by atoms with Crippen LogP contribution in [0.3, 0.4) is 0 Å². The first-order valence-electron chi connectivity index (χ1n) is 5.70. The van der Waals surface area contributed by atoms with Gasteiger partial charge < -0.3 is 4.84 Å². The van der Waals surface area contributed by atoms with E-state index in [1.165, 1.54) is 23.9 Å². The average molecular weight is 243 g/mol. The predicted molar refractivity (Wildman–Crippen MR) is 70.0 cm³/mol. The zero-order chi connectivity index (χ0) is 12.8. The minimum absolute atomic E-state index is 0.280. The van der Waals surface area contributed by atoms with Crippen molar-refractivity contribution in [3.05, 3.63) is 71.0 Å². The van der Waals surface area contributed by atoms with Crippen molar-refractivity contribution < 1.29 is 9.23 Å². The van der Waals surface area contributed by atoms with Crippen LogP contribution < -0.4 is 0 Å². The average Bonchev–Trinajstić information content (AvgIpc) is 2.35. The number of nitrogens with zero attached hydrogens (tertiary/aromatic N) is 1. The number of hydrogen-bond acceptors (Lipinski definition) is 2. The van der Waals surface area contributed by atoms with Crippen molar-refractivity contribution in [1.82, 2.24) is 0 Å². The summed E-state index contributed by atoms with van der Waals surface area (Å²) in [6, 6.07) is 14.2. The Kier molecular flexibility index (Phi) is 4.07. The fourth-order valence-electron chi connectivity index (χ4n) is 1.60. The van der Waals surface area contributed by atoms with Crippen LogP contribution in [0.15, 0.2) is 53.7 Å². The summed E-state index contributed by atoms with van der Waals surface area (Å²) in [5.74, 6) is -0.280. The number of hydrogen-bond donors (Lipinski definition) is 0. The second-order valence-corrected chi connectivity index (χ2v) is 4.05. The topological polar surface area (TPSA) is 21.6 Å². The van der Waals surface area contributed by atoms with E-state index in [0.717, 1.165) is 5.56 Å². The van der Waals surface area contributed by atoms with Gasteiger partial charge in [0.1, 0.15) is 12.4 Å². The normalized spacial score (nSPS) is 10.8. The van der Waals surface area contributed by atoms with E-state index in [-0.39, 0.29) is 5.82 Å². The van der Waals surface area contributed by atoms with Gasteiger partial charge in [0.2, 0.25) is 0 Å². The SMILES string of the molecule is Cc1cccc(CON=Cc2cccc(F)c2)c1. The Morgan fingerprint density at radius 1 is 1.17 bits per heavy atom. The summed E-state index contributed by atoms with van der Waals surface area (Å²) < 4.78 is 12.9. The number of rotatable bonds is 4. The number of benzene rings is 2. The minimum atomic E-state index is -0.280. The fourth-order valence-corrected chi connectivity index (χ4v) is 1.60. The third-order valence-electron chi connectivity index (χ3n) is 2.44. The Morgan fingerprint density at radius 3 is 2.78 bits per heavy atom. The third-order valence-corrected chi connectivity index (χ3v) is 2.44. The van der Waals surface area contributed by atoms with Gasteiger partial charge in [-0.2, -0.15) is 0 Å². The molecule has 2 aromatic rings. The molecule has 0 aliphatic carbocycles. The van der Waals surface area contributed by atoms with E-state index in [1.807, 2.05) is 31.2 Å². The molecule has 0 aliphatic rings. The maximum Gasteiger partial charge on any atom is 0.142 e. The van der Waals surface area contributed by atoms with Crippen molar-refractivity contribution in [3.63, 3.8) is 0 Å². The minimum Gasteiger partial charge on any atom is -0.391 e. The summed E-state index contributed by atoms with van der Waals surface area (Å²) in [5.41, 5.74) is 2.93. The van der Waals surface area contributed by atoms with E-state index in [0.29, 0.717) is 12.2 Å². The van der Waals surface area contributed by atoms with Gasteiger partial charge in [-0.15, -0.1) is 0 Å². The lowest BCUT2D eigenvalue weighted by molar-refractivity contribution is 0.132. The third kappa shape index (κ3) is 3.70. The van der Waals surface area contributed by atoms with Crippen LogP contribution in [0, 0.1) is 12.7 Å². The van der Waals surface area contributed by atoms with E-state index in [2.05, 4.69) is 5.16 Å². The monoisotopic (exact) mass is 243 g/mol. The number of oxime groups is 1. The molecule has 0 heterocycles. The van der Waals surface area contributed by atoms with E-state index >= 15 is 0 Å². The lowest BCUT2D eigenvalue weighted by Crippen LogP contribution is -1.89. The van der Waals surface area contributed by atoms with Gasteiger partial charge in [0, 0.05) is 0 Å². The van der Waals surface area contributed by atoms with E-state index in [9.17, 15) is 4.39 Å². The Hall–Kier alpha value is -2.16. The van der Waals surface area contributed by atoms with Crippen molar-refractivity contribution in [2.45, 2.75) is 13.5 Å². The van der Waals surface area contributed by atoms with Gasteiger partial charge in [0.25, 0.3) is 0 Å². The quantitative estimate of drug-likeness (QED) is 0.593.